The molecule has 1 aliphatic heterocycles. The van der Waals surface area contributed by atoms with Gasteiger partial charge in [-0.3, -0.25) is 16.2 Å². The van der Waals surface area contributed by atoms with Gasteiger partial charge in [0.25, 0.3) is 0 Å². The zero-order valence-corrected chi connectivity index (χ0v) is 12.3. The summed E-state index contributed by atoms with van der Waals surface area (Å²) in [7, 11) is 0. The average Bonchev–Trinajstić information content (AvgIpc) is 2.29. The van der Waals surface area contributed by atoms with Crippen molar-refractivity contribution >= 4 is 0 Å². The topological polar surface area (TPSA) is 41.3 Å². The molecule has 0 saturated carbocycles. The lowest BCUT2D eigenvalue weighted by Crippen LogP contribution is -2.66. The fourth-order valence-corrected chi connectivity index (χ4v) is 3.38. The summed E-state index contributed by atoms with van der Waals surface area (Å²) in [5.41, 5.74) is 3.43. The van der Waals surface area contributed by atoms with Crippen molar-refractivity contribution in [2.24, 2.45) is 11.3 Å². The molecule has 3 nitrogen and oxygen atoms in total. The molecule has 0 aromatic rings. The summed E-state index contributed by atoms with van der Waals surface area (Å²) in [6, 6.07) is 0.318. The molecule has 1 heterocycles. The lowest BCUT2D eigenvalue weighted by Gasteiger charge is -2.52. The molecule has 3 N–H and O–H groups in total. The zero-order valence-electron chi connectivity index (χ0n) is 12.3. The standard InChI is InChI=1S/C14H31N3/c1-6-14(5,12(16-15)13(2,3)4)17-10-8-7-9-11-17/h12,16H,6-11,15H2,1-5H3. The molecule has 0 amide bonds. The molecule has 17 heavy (non-hydrogen) atoms. The van der Waals surface area contributed by atoms with Crippen molar-refractivity contribution in [1.29, 1.82) is 0 Å². The Morgan fingerprint density at radius 3 is 2.00 bits per heavy atom. The number of nitrogens with zero attached hydrogens (tertiary/aromatic N) is 1. The number of nitrogens with two attached hydrogens (primary N) is 1. The maximum atomic E-state index is 5.85. The molecule has 2 atom stereocenters. The van der Waals surface area contributed by atoms with E-state index in [0.29, 0.717) is 6.04 Å². The van der Waals surface area contributed by atoms with Crippen molar-refractivity contribution in [2.45, 2.75) is 71.9 Å². The van der Waals surface area contributed by atoms with Gasteiger partial charge in [0.15, 0.2) is 0 Å². The van der Waals surface area contributed by atoms with Gasteiger partial charge in [-0.2, -0.15) is 0 Å². The first kappa shape index (κ1) is 14.9. The van der Waals surface area contributed by atoms with Crippen LogP contribution in [0.1, 0.15) is 60.3 Å². The third kappa shape index (κ3) is 3.21. The first-order valence-corrected chi connectivity index (χ1v) is 7.07. The summed E-state index contributed by atoms with van der Waals surface area (Å²) in [5.74, 6) is 5.85. The van der Waals surface area contributed by atoms with Crippen molar-refractivity contribution in [3.63, 3.8) is 0 Å². The van der Waals surface area contributed by atoms with Crippen LogP contribution in [0, 0.1) is 5.41 Å². The molecule has 1 saturated heterocycles. The predicted molar refractivity (Wildman–Crippen MR) is 74.7 cm³/mol. The van der Waals surface area contributed by atoms with E-state index in [4.69, 9.17) is 5.84 Å². The van der Waals surface area contributed by atoms with Crippen LogP contribution >= 0.6 is 0 Å². The first-order valence-electron chi connectivity index (χ1n) is 7.07. The molecular formula is C14H31N3. The fraction of sp³-hybridized carbons (Fsp3) is 1.00. The molecule has 0 aromatic heterocycles. The number of piperidine rings is 1. The Hall–Kier alpha value is -0.120. The molecule has 1 aliphatic rings. The number of hydrazine groups is 1. The smallest absolute Gasteiger partial charge is 0.0440 e. The summed E-state index contributed by atoms with van der Waals surface area (Å²) in [6.45, 7) is 13.9. The predicted octanol–water partition coefficient (Wildman–Crippen LogP) is 2.52. The van der Waals surface area contributed by atoms with Crippen LogP contribution < -0.4 is 11.3 Å². The molecule has 3 heteroatoms. The number of hydrogen-bond donors (Lipinski definition) is 2. The van der Waals surface area contributed by atoms with Crippen molar-refractivity contribution in [3.05, 3.63) is 0 Å². The van der Waals surface area contributed by atoms with Gasteiger partial charge in [0.1, 0.15) is 0 Å². The van der Waals surface area contributed by atoms with E-state index in [1.54, 1.807) is 0 Å². The lowest BCUT2D eigenvalue weighted by molar-refractivity contribution is 0.00568. The van der Waals surface area contributed by atoms with Gasteiger partial charge in [-0.1, -0.05) is 34.1 Å². The highest BCUT2D eigenvalue weighted by Gasteiger charge is 2.43. The van der Waals surface area contributed by atoms with Gasteiger partial charge in [-0.05, 0) is 44.7 Å². The number of likely N-dealkylation sites (tertiary alicyclic amines) is 1. The third-order valence-corrected chi connectivity index (χ3v) is 4.45. The van der Waals surface area contributed by atoms with Crippen molar-refractivity contribution in [1.82, 2.24) is 10.3 Å². The maximum Gasteiger partial charge on any atom is 0.0440 e. The van der Waals surface area contributed by atoms with Crippen molar-refractivity contribution in [2.75, 3.05) is 13.1 Å². The van der Waals surface area contributed by atoms with Crippen molar-refractivity contribution in [3.8, 4) is 0 Å². The van der Waals surface area contributed by atoms with Crippen LogP contribution in [0.4, 0.5) is 0 Å². The minimum Gasteiger partial charge on any atom is -0.296 e. The van der Waals surface area contributed by atoms with Gasteiger partial charge < -0.3 is 0 Å². The second kappa shape index (κ2) is 5.68. The van der Waals surface area contributed by atoms with Crippen LogP contribution in [0.5, 0.6) is 0 Å². The van der Waals surface area contributed by atoms with E-state index < -0.39 is 0 Å². The van der Waals surface area contributed by atoms with E-state index in [2.05, 4.69) is 44.9 Å². The molecular weight excluding hydrogens is 210 g/mol. The normalized spacial score (nSPS) is 24.4. The van der Waals surface area contributed by atoms with Gasteiger partial charge in [-0.15, -0.1) is 0 Å². The fourth-order valence-electron chi connectivity index (χ4n) is 3.38. The Kier molecular flexibility index (Phi) is 4.99. The summed E-state index contributed by atoms with van der Waals surface area (Å²) >= 11 is 0. The SMILES string of the molecule is CCC(C)(C(NN)C(C)(C)C)N1CCCCC1. The van der Waals surface area contributed by atoms with E-state index >= 15 is 0 Å². The molecule has 1 fully saturated rings. The summed E-state index contributed by atoms with van der Waals surface area (Å²) in [6.07, 6.45) is 5.18. The van der Waals surface area contributed by atoms with Crippen LogP contribution in [0.2, 0.25) is 0 Å². The Bertz CT molecular complexity index is 228. The van der Waals surface area contributed by atoms with Crippen LogP contribution in [-0.4, -0.2) is 29.6 Å². The van der Waals surface area contributed by atoms with E-state index in [0.717, 1.165) is 6.42 Å². The molecule has 2 unspecified atom stereocenters. The summed E-state index contributed by atoms with van der Waals surface area (Å²) in [5, 5.41) is 0. The van der Waals surface area contributed by atoms with Crippen LogP contribution in [0.25, 0.3) is 0 Å². The van der Waals surface area contributed by atoms with Gasteiger partial charge in [-0.25, -0.2) is 0 Å². The highest BCUT2D eigenvalue weighted by molar-refractivity contribution is 5.01. The van der Waals surface area contributed by atoms with Crippen LogP contribution in [0.15, 0.2) is 0 Å². The minimum absolute atomic E-state index is 0.160. The molecule has 1 rings (SSSR count). The molecule has 0 radical (unpaired) electrons. The summed E-state index contributed by atoms with van der Waals surface area (Å²) in [4.78, 5) is 2.65. The number of hydrogen-bond acceptors (Lipinski definition) is 3. The number of nitrogens with one attached hydrogen (secondary N) is 1. The van der Waals surface area contributed by atoms with Gasteiger partial charge in [0, 0.05) is 11.6 Å². The Balaban J connectivity index is 2.91. The maximum absolute atomic E-state index is 5.85. The van der Waals surface area contributed by atoms with Crippen molar-refractivity contribution < 1.29 is 0 Å². The zero-order chi connectivity index (χ0) is 13.1. The highest BCUT2D eigenvalue weighted by Crippen LogP contribution is 2.35. The minimum atomic E-state index is 0.160. The van der Waals surface area contributed by atoms with Gasteiger partial charge in [0.05, 0.1) is 0 Å². The molecule has 0 aliphatic carbocycles. The highest BCUT2D eigenvalue weighted by atomic mass is 15.3. The largest absolute Gasteiger partial charge is 0.296 e. The lowest BCUT2D eigenvalue weighted by atomic mass is 9.72. The van der Waals surface area contributed by atoms with Gasteiger partial charge >= 0.3 is 0 Å². The molecule has 102 valence electrons. The average molecular weight is 241 g/mol. The van der Waals surface area contributed by atoms with Crippen LogP contribution in [0.3, 0.4) is 0 Å². The molecule has 0 aromatic carbocycles. The van der Waals surface area contributed by atoms with E-state index in [9.17, 15) is 0 Å². The first-order chi connectivity index (χ1) is 7.86. The third-order valence-electron chi connectivity index (χ3n) is 4.45. The Morgan fingerprint density at radius 2 is 1.65 bits per heavy atom. The van der Waals surface area contributed by atoms with E-state index in [-0.39, 0.29) is 11.0 Å². The Labute approximate surface area is 107 Å². The number of rotatable bonds is 4. The van der Waals surface area contributed by atoms with E-state index in [1.807, 2.05) is 0 Å². The van der Waals surface area contributed by atoms with Gasteiger partial charge in [0.2, 0.25) is 0 Å². The Morgan fingerprint density at radius 1 is 1.12 bits per heavy atom. The second-order valence-corrected chi connectivity index (χ2v) is 6.72. The van der Waals surface area contributed by atoms with E-state index in [1.165, 1.54) is 32.4 Å². The molecule has 0 spiro atoms. The second-order valence-electron chi connectivity index (χ2n) is 6.72. The quantitative estimate of drug-likeness (QED) is 0.587. The monoisotopic (exact) mass is 241 g/mol. The summed E-state index contributed by atoms with van der Waals surface area (Å²) < 4.78 is 0. The molecule has 0 bridgehead atoms. The van der Waals surface area contributed by atoms with Crippen LogP contribution in [-0.2, 0) is 0 Å².